The lowest BCUT2D eigenvalue weighted by atomic mass is 10.2. The normalized spacial score (nSPS) is 13.4. The number of thiazole rings is 1. The van der Waals surface area contributed by atoms with Gasteiger partial charge in [0, 0.05) is 32.2 Å². The smallest absolute Gasteiger partial charge is 0.173 e. The second kappa shape index (κ2) is 6.05. The fourth-order valence-electron chi connectivity index (χ4n) is 1.20. The van der Waals surface area contributed by atoms with E-state index in [1.165, 1.54) is 0 Å². The van der Waals surface area contributed by atoms with Crippen molar-refractivity contribution in [2.24, 2.45) is 5.84 Å². The number of rotatable bonds is 6. The van der Waals surface area contributed by atoms with Gasteiger partial charge >= 0.3 is 0 Å². The second-order valence-electron chi connectivity index (χ2n) is 2.74. The zero-order valence-corrected chi connectivity index (χ0v) is 9.08. The van der Waals surface area contributed by atoms with Crippen LogP contribution in [0.3, 0.4) is 0 Å². The van der Waals surface area contributed by atoms with Crippen molar-refractivity contribution >= 4 is 11.3 Å². The van der Waals surface area contributed by atoms with Gasteiger partial charge in [-0.25, -0.2) is 4.98 Å². The van der Waals surface area contributed by atoms with Gasteiger partial charge in [0.1, 0.15) is 0 Å². The minimum absolute atomic E-state index is 0.0869. The van der Waals surface area contributed by atoms with Crippen LogP contribution in [0.15, 0.2) is 11.6 Å². The number of hydrogen-bond acceptors (Lipinski definition) is 6. The Labute approximate surface area is 87.2 Å². The lowest BCUT2D eigenvalue weighted by Crippen LogP contribution is -2.47. The van der Waals surface area contributed by atoms with E-state index in [9.17, 15) is 0 Å². The highest BCUT2D eigenvalue weighted by molar-refractivity contribution is 7.09. The van der Waals surface area contributed by atoms with E-state index in [1.807, 2.05) is 5.38 Å². The van der Waals surface area contributed by atoms with Gasteiger partial charge in [-0.1, -0.05) is 0 Å². The van der Waals surface area contributed by atoms with Crippen LogP contribution in [0.1, 0.15) is 5.01 Å². The standard InChI is InChI=1S/C8H15N3O2S/c1-12-8(13-2)6(11-9)5-7-10-3-4-14-7/h3-4,6,8,11H,5,9H2,1-2H3. The average Bonchev–Trinajstić information content (AvgIpc) is 2.70. The Morgan fingerprint density at radius 2 is 2.29 bits per heavy atom. The third-order valence-corrected chi connectivity index (χ3v) is 2.69. The van der Waals surface area contributed by atoms with Crippen LogP contribution in [0, 0.1) is 0 Å². The molecule has 0 aromatic carbocycles. The van der Waals surface area contributed by atoms with Gasteiger partial charge in [-0.3, -0.25) is 11.3 Å². The summed E-state index contributed by atoms with van der Waals surface area (Å²) in [5.74, 6) is 5.41. The summed E-state index contributed by atoms with van der Waals surface area (Å²) in [5, 5.41) is 2.93. The largest absolute Gasteiger partial charge is 0.354 e. The third kappa shape index (κ3) is 3.00. The fraction of sp³-hybridized carbons (Fsp3) is 0.625. The van der Waals surface area contributed by atoms with E-state index in [0.29, 0.717) is 6.42 Å². The van der Waals surface area contributed by atoms with Crippen molar-refractivity contribution in [3.8, 4) is 0 Å². The van der Waals surface area contributed by atoms with E-state index >= 15 is 0 Å². The molecule has 1 unspecified atom stereocenters. The summed E-state index contributed by atoms with van der Waals surface area (Å²) in [6.45, 7) is 0. The van der Waals surface area contributed by atoms with Gasteiger partial charge in [0.15, 0.2) is 6.29 Å². The van der Waals surface area contributed by atoms with Gasteiger partial charge in [0.2, 0.25) is 0 Å². The van der Waals surface area contributed by atoms with Crippen LogP contribution in [-0.4, -0.2) is 31.5 Å². The molecule has 1 aromatic heterocycles. The summed E-state index contributed by atoms with van der Waals surface area (Å²) in [6, 6.07) is -0.0869. The lowest BCUT2D eigenvalue weighted by Gasteiger charge is -2.22. The van der Waals surface area contributed by atoms with Crippen LogP contribution in [-0.2, 0) is 15.9 Å². The first kappa shape index (κ1) is 11.5. The molecule has 0 aliphatic carbocycles. The molecule has 0 amide bonds. The van der Waals surface area contributed by atoms with Crippen molar-refractivity contribution in [1.29, 1.82) is 0 Å². The zero-order chi connectivity index (χ0) is 10.4. The van der Waals surface area contributed by atoms with Crippen molar-refractivity contribution in [3.05, 3.63) is 16.6 Å². The molecule has 1 aromatic rings. The summed E-state index contributed by atoms with van der Waals surface area (Å²) in [5.41, 5.74) is 2.66. The SMILES string of the molecule is COC(OC)C(Cc1nccs1)NN. The van der Waals surface area contributed by atoms with Crippen molar-refractivity contribution in [1.82, 2.24) is 10.4 Å². The van der Waals surface area contributed by atoms with Crippen molar-refractivity contribution in [3.63, 3.8) is 0 Å². The molecule has 3 N–H and O–H groups in total. The predicted octanol–water partition coefficient (Wildman–Crippen LogP) is 0.136. The molecule has 5 nitrogen and oxygen atoms in total. The van der Waals surface area contributed by atoms with Crippen LogP contribution < -0.4 is 11.3 Å². The molecule has 1 rings (SSSR count). The zero-order valence-electron chi connectivity index (χ0n) is 8.27. The van der Waals surface area contributed by atoms with E-state index in [0.717, 1.165) is 5.01 Å². The highest BCUT2D eigenvalue weighted by Crippen LogP contribution is 2.10. The average molecular weight is 217 g/mol. The molecule has 14 heavy (non-hydrogen) atoms. The van der Waals surface area contributed by atoms with Crippen LogP contribution in [0.5, 0.6) is 0 Å². The van der Waals surface area contributed by atoms with Gasteiger partial charge in [0.05, 0.1) is 11.0 Å². The van der Waals surface area contributed by atoms with Gasteiger partial charge in [-0.2, -0.15) is 0 Å². The summed E-state index contributed by atoms with van der Waals surface area (Å²) < 4.78 is 10.2. The lowest BCUT2D eigenvalue weighted by molar-refractivity contribution is -0.122. The molecule has 0 saturated carbocycles. The predicted molar refractivity (Wildman–Crippen MR) is 54.7 cm³/mol. The molecule has 1 heterocycles. The Morgan fingerprint density at radius 1 is 1.57 bits per heavy atom. The molecule has 0 aliphatic heterocycles. The first-order valence-corrected chi connectivity index (χ1v) is 5.10. The second-order valence-corrected chi connectivity index (χ2v) is 3.72. The Hall–Kier alpha value is -0.530. The summed E-state index contributed by atoms with van der Waals surface area (Å²) in [4.78, 5) is 4.17. The van der Waals surface area contributed by atoms with Crippen molar-refractivity contribution in [2.45, 2.75) is 18.8 Å². The number of hydrazine groups is 1. The number of hydrogen-bond donors (Lipinski definition) is 2. The molecule has 1 atom stereocenters. The van der Waals surface area contributed by atoms with E-state index in [2.05, 4.69) is 10.4 Å². The number of nitrogens with zero attached hydrogens (tertiary/aromatic N) is 1. The Balaban J connectivity index is 2.53. The molecule has 0 bridgehead atoms. The summed E-state index contributed by atoms with van der Waals surface area (Å²) in [7, 11) is 3.17. The van der Waals surface area contributed by atoms with Crippen LogP contribution in [0.2, 0.25) is 0 Å². The van der Waals surface area contributed by atoms with Gasteiger partial charge in [-0.15, -0.1) is 11.3 Å². The highest BCUT2D eigenvalue weighted by atomic mass is 32.1. The molecule has 0 fully saturated rings. The van der Waals surface area contributed by atoms with E-state index in [4.69, 9.17) is 15.3 Å². The Kier molecular flexibility index (Phi) is 4.99. The van der Waals surface area contributed by atoms with E-state index in [1.54, 1.807) is 31.8 Å². The maximum atomic E-state index is 5.41. The van der Waals surface area contributed by atoms with Crippen LogP contribution in [0.25, 0.3) is 0 Å². The molecule has 80 valence electrons. The first-order valence-electron chi connectivity index (χ1n) is 4.22. The van der Waals surface area contributed by atoms with E-state index in [-0.39, 0.29) is 12.3 Å². The van der Waals surface area contributed by atoms with Crippen molar-refractivity contribution in [2.75, 3.05) is 14.2 Å². The first-order chi connectivity index (χ1) is 6.81. The van der Waals surface area contributed by atoms with Gasteiger partial charge < -0.3 is 9.47 Å². The monoisotopic (exact) mass is 217 g/mol. The number of ether oxygens (including phenoxy) is 2. The molecule has 6 heteroatoms. The summed E-state index contributed by atoms with van der Waals surface area (Å²) in [6.07, 6.45) is 2.10. The van der Waals surface area contributed by atoms with E-state index < -0.39 is 0 Å². The Bertz CT molecular complexity index is 239. The number of methoxy groups -OCH3 is 2. The quantitative estimate of drug-likeness (QED) is 0.403. The maximum Gasteiger partial charge on any atom is 0.173 e. The van der Waals surface area contributed by atoms with Crippen LogP contribution >= 0.6 is 11.3 Å². The molecular weight excluding hydrogens is 202 g/mol. The highest BCUT2D eigenvalue weighted by Gasteiger charge is 2.20. The molecular formula is C8H15N3O2S. The Morgan fingerprint density at radius 3 is 2.71 bits per heavy atom. The molecule has 0 saturated heterocycles. The topological polar surface area (TPSA) is 69.4 Å². The number of nitrogens with one attached hydrogen (secondary N) is 1. The number of aromatic nitrogens is 1. The summed E-state index contributed by atoms with van der Waals surface area (Å²) >= 11 is 1.59. The number of nitrogens with two attached hydrogens (primary N) is 1. The van der Waals surface area contributed by atoms with Gasteiger partial charge in [0.25, 0.3) is 0 Å². The molecule has 0 radical (unpaired) electrons. The molecule has 0 aliphatic rings. The van der Waals surface area contributed by atoms with Gasteiger partial charge in [-0.05, 0) is 0 Å². The third-order valence-electron chi connectivity index (χ3n) is 1.89. The molecule has 0 spiro atoms. The van der Waals surface area contributed by atoms with Crippen LogP contribution in [0.4, 0.5) is 0 Å². The minimum Gasteiger partial charge on any atom is -0.354 e. The fourth-order valence-corrected chi connectivity index (χ4v) is 1.88. The minimum atomic E-state index is -0.358. The maximum absolute atomic E-state index is 5.41. The van der Waals surface area contributed by atoms with Crippen molar-refractivity contribution < 1.29 is 9.47 Å².